The molecule has 2 rings (SSSR count). The number of piperazine rings is 1. The zero-order valence-electron chi connectivity index (χ0n) is 11.8. The van der Waals surface area contributed by atoms with Crippen LogP contribution in [0.5, 0.6) is 0 Å². The van der Waals surface area contributed by atoms with Crippen LogP contribution >= 0.6 is 0 Å². The van der Waals surface area contributed by atoms with Gasteiger partial charge in [-0.15, -0.1) is 0 Å². The van der Waals surface area contributed by atoms with E-state index in [1.165, 1.54) is 0 Å². The minimum absolute atomic E-state index is 0.0504. The van der Waals surface area contributed by atoms with Crippen molar-refractivity contribution >= 4 is 12.1 Å². The fourth-order valence-corrected chi connectivity index (χ4v) is 2.35. The van der Waals surface area contributed by atoms with Gasteiger partial charge in [-0.05, 0) is 12.0 Å². The highest BCUT2D eigenvalue weighted by Gasteiger charge is 2.27. The molecule has 0 radical (unpaired) electrons. The third kappa shape index (κ3) is 4.75. The first-order chi connectivity index (χ1) is 10.2. The summed E-state index contributed by atoms with van der Waals surface area (Å²) in [6.07, 6.45) is 0.105. The largest absolute Gasteiger partial charge is 0.481 e. The van der Waals surface area contributed by atoms with Crippen LogP contribution in [0.4, 0.5) is 4.79 Å². The first-order valence-corrected chi connectivity index (χ1v) is 7.06. The second kappa shape index (κ2) is 7.64. The van der Waals surface area contributed by atoms with Gasteiger partial charge in [0.05, 0.1) is 0 Å². The van der Waals surface area contributed by atoms with Crippen LogP contribution in [-0.2, 0) is 16.1 Å². The fourth-order valence-electron chi connectivity index (χ4n) is 2.35. The maximum absolute atomic E-state index is 12.2. The third-order valence-corrected chi connectivity index (χ3v) is 3.48. The van der Waals surface area contributed by atoms with Gasteiger partial charge in [-0.25, -0.2) is 4.79 Å². The molecule has 1 fully saturated rings. The highest BCUT2D eigenvalue weighted by Crippen LogP contribution is 2.12. The molecule has 0 bridgehead atoms. The van der Waals surface area contributed by atoms with Gasteiger partial charge in [-0.1, -0.05) is 30.3 Å². The van der Waals surface area contributed by atoms with Crippen molar-refractivity contribution in [2.75, 3.05) is 19.6 Å². The summed E-state index contributed by atoms with van der Waals surface area (Å²) in [5, 5.41) is 11.9. The van der Waals surface area contributed by atoms with Gasteiger partial charge in [0.2, 0.25) is 0 Å². The number of nitrogens with one attached hydrogen (secondary N) is 1. The highest BCUT2D eigenvalue weighted by atomic mass is 16.6. The summed E-state index contributed by atoms with van der Waals surface area (Å²) in [6, 6.07) is 9.36. The highest BCUT2D eigenvalue weighted by molar-refractivity contribution is 5.69. The van der Waals surface area contributed by atoms with Crippen molar-refractivity contribution in [3.8, 4) is 0 Å². The van der Waals surface area contributed by atoms with Gasteiger partial charge in [-0.2, -0.15) is 0 Å². The van der Waals surface area contributed by atoms with Crippen LogP contribution in [0.25, 0.3) is 0 Å². The molecule has 114 valence electrons. The van der Waals surface area contributed by atoms with Crippen LogP contribution in [0.2, 0.25) is 0 Å². The normalized spacial score (nSPS) is 18.3. The molecule has 1 aromatic carbocycles. The van der Waals surface area contributed by atoms with Crippen molar-refractivity contribution < 1.29 is 19.4 Å². The standard InChI is InChI=1S/C15H20N2O4/c18-14(19)7-6-13-10-16-8-9-17(13)15(20)21-11-12-4-2-1-3-5-12/h1-5,13,16H,6-11H2,(H,18,19)/t13-/m1/s1. The summed E-state index contributed by atoms with van der Waals surface area (Å²) in [7, 11) is 0. The molecule has 21 heavy (non-hydrogen) atoms. The van der Waals surface area contributed by atoms with Gasteiger partial charge in [-0.3, -0.25) is 4.79 Å². The monoisotopic (exact) mass is 292 g/mol. The summed E-state index contributed by atoms with van der Waals surface area (Å²) < 4.78 is 5.32. The van der Waals surface area contributed by atoms with Gasteiger partial charge in [0.25, 0.3) is 0 Å². The molecule has 0 aliphatic carbocycles. The number of nitrogens with zero attached hydrogens (tertiary/aromatic N) is 1. The summed E-state index contributed by atoms with van der Waals surface area (Å²) in [5.74, 6) is -0.849. The predicted molar refractivity (Wildman–Crippen MR) is 76.9 cm³/mol. The number of aliphatic carboxylic acids is 1. The molecule has 1 aliphatic rings. The van der Waals surface area contributed by atoms with E-state index in [9.17, 15) is 9.59 Å². The number of carbonyl (C=O) groups excluding carboxylic acids is 1. The van der Waals surface area contributed by atoms with Gasteiger partial charge in [0, 0.05) is 32.1 Å². The summed E-state index contributed by atoms with van der Waals surface area (Å²) in [5.41, 5.74) is 0.933. The van der Waals surface area contributed by atoms with E-state index in [1.807, 2.05) is 30.3 Å². The van der Waals surface area contributed by atoms with Crippen molar-refractivity contribution in [1.82, 2.24) is 10.2 Å². The number of carboxylic acids is 1. The van der Waals surface area contributed by atoms with E-state index in [1.54, 1.807) is 4.90 Å². The van der Waals surface area contributed by atoms with Crippen molar-refractivity contribution in [1.29, 1.82) is 0 Å². The molecule has 0 spiro atoms. The molecule has 0 unspecified atom stereocenters. The van der Waals surface area contributed by atoms with Gasteiger partial charge >= 0.3 is 12.1 Å². The topological polar surface area (TPSA) is 78.9 Å². The summed E-state index contributed by atoms with van der Waals surface area (Å²) in [6.45, 7) is 2.07. The minimum Gasteiger partial charge on any atom is -0.481 e. The van der Waals surface area contributed by atoms with Crippen LogP contribution in [-0.4, -0.2) is 47.7 Å². The van der Waals surface area contributed by atoms with Crippen LogP contribution in [0.3, 0.4) is 0 Å². The van der Waals surface area contributed by atoms with E-state index >= 15 is 0 Å². The predicted octanol–water partition coefficient (Wildman–Crippen LogP) is 1.46. The zero-order valence-corrected chi connectivity index (χ0v) is 11.8. The van der Waals surface area contributed by atoms with Crippen LogP contribution < -0.4 is 5.32 Å². The molecular formula is C15H20N2O4. The van der Waals surface area contributed by atoms with Crippen molar-refractivity contribution in [2.24, 2.45) is 0 Å². The smallest absolute Gasteiger partial charge is 0.410 e. The molecule has 1 atom stereocenters. The molecule has 0 aromatic heterocycles. The number of amides is 1. The van der Waals surface area contributed by atoms with Gasteiger partial charge in [0.1, 0.15) is 6.61 Å². The summed E-state index contributed by atoms with van der Waals surface area (Å²) >= 11 is 0. The Labute approximate surface area is 123 Å². The SMILES string of the molecule is O=C(O)CC[C@@H]1CNCCN1C(=O)OCc1ccccc1. The number of ether oxygens (including phenoxy) is 1. The Bertz CT molecular complexity index is 478. The maximum Gasteiger partial charge on any atom is 0.410 e. The quantitative estimate of drug-likeness (QED) is 0.859. The Hall–Kier alpha value is -2.08. The molecule has 1 aromatic rings. The van der Waals surface area contributed by atoms with E-state index in [0.29, 0.717) is 26.1 Å². The van der Waals surface area contributed by atoms with E-state index < -0.39 is 5.97 Å². The molecule has 0 saturated carbocycles. The van der Waals surface area contributed by atoms with Crippen molar-refractivity contribution in [2.45, 2.75) is 25.5 Å². The lowest BCUT2D eigenvalue weighted by atomic mass is 10.1. The molecule has 1 saturated heterocycles. The van der Waals surface area contributed by atoms with Crippen molar-refractivity contribution in [3.63, 3.8) is 0 Å². The van der Waals surface area contributed by atoms with Gasteiger partial charge < -0.3 is 20.1 Å². The zero-order chi connectivity index (χ0) is 15.1. The number of rotatable bonds is 5. The number of carboxylic acid groups (broad SMARTS) is 1. The Balaban J connectivity index is 1.87. The Kier molecular flexibility index (Phi) is 5.57. The molecule has 2 N–H and O–H groups in total. The van der Waals surface area contributed by atoms with Crippen molar-refractivity contribution in [3.05, 3.63) is 35.9 Å². The number of carbonyl (C=O) groups is 2. The first kappa shape index (κ1) is 15.3. The molecule has 6 nitrogen and oxygen atoms in total. The summed E-state index contributed by atoms with van der Waals surface area (Å²) in [4.78, 5) is 24.5. The van der Waals surface area contributed by atoms with Crippen LogP contribution in [0.1, 0.15) is 18.4 Å². The van der Waals surface area contributed by atoms with Crippen LogP contribution in [0.15, 0.2) is 30.3 Å². The van der Waals surface area contributed by atoms with E-state index in [4.69, 9.17) is 9.84 Å². The van der Waals surface area contributed by atoms with E-state index in [2.05, 4.69) is 5.32 Å². The minimum atomic E-state index is -0.849. The molecule has 6 heteroatoms. The molecule has 1 heterocycles. The average molecular weight is 292 g/mol. The number of benzene rings is 1. The van der Waals surface area contributed by atoms with E-state index in [0.717, 1.165) is 5.56 Å². The number of hydrogen-bond donors (Lipinski definition) is 2. The Morgan fingerprint density at radius 3 is 2.81 bits per heavy atom. The second-order valence-electron chi connectivity index (χ2n) is 5.02. The average Bonchev–Trinajstić information content (AvgIpc) is 2.52. The Morgan fingerprint density at radius 1 is 1.33 bits per heavy atom. The van der Waals surface area contributed by atoms with Crippen LogP contribution in [0, 0.1) is 0 Å². The first-order valence-electron chi connectivity index (χ1n) is 7.06. The Morgan fingerprint density at radius 2 is 2.10 bits per heavy atom. The van der Waals surface area contributed by atoms with E-state index in [-0.39, 0.29) is 25.2 Å². The maximum atomic E-state index is 12.2. The fraction of sp³-hybridized carbons (Fsp3) is 0.467. The van der Waals surface area contributed by atoms with Gasteiger partial charge in [0.15, 0.2) is 0 Å². The molecule has 1 aliphatic heterocycles. The number of hydrogen-bond acceptors (Lipinski definition) is 4. The molecule has 1 amide bonds. The lowest BCUT2D eigenvalue weighted by Crippen LogP contribution is -2.53. The third-order valence-electron chi connectivity index (χ3n) is 3.48. The lowest BCUT2D eigenvalue weighted by Gasteiger charge is -2.35. The lowest BCUT2D eigenvalue weighted by molar-refractivity contribution is -0.137. The second-order valence-corrected chi connectivity index (χ2v) is 5.02. The molecular weight excluding hydrogens is 272 g/mol.